The smallest absolute Gasteiger partial charge is 0.302 e. The Bertz CT molecular complexity index is 684. The van der Waals surface area contributed by atoms with Crippen LogP contribution < -0.4 is 0 Å². The molecule has 22 heavy (non-hydrogen) atoms. The first-order valence-electron chi connectivity index (χ1n) is 6.99. The lowest BCUT2D eigenvalue weighted by Crippen LogP contribution is -2.08. The number of aryl methyl sites for hydroxylation is 1. The van der Waals surface area contributed by atoms with Crippen LogP contribution in [-0.4, -0.2) is 28.1 Å². The summed E-state index contributed by atoms with van der Waals surface area (Å²) >= 11 is 0. The van der Waals surface area contributed by atoms with Crippen molar-refractivity contribution in [3.63, 3.8) is 0 Å². The molecule has 0 N–H and O–H groups in total. The number of ether oxygens (including phenoxy) is 1. The van der Waals surface area contributed by atoms with E-state index in [1.807, 2.05) is 31.2 Å². The average molecular weight is 298 g/mol. The average Bonchev–Trinajstić information content (AvgIpc) is 2.93. The van der Waals surface area contributed by atoms with Gasteiger partial charge in [0.2, 0.25) is 0 Å². The summed E-state index contributed by atoms with van der Waals surface area (Å²) in [6.45, 7) is 4.12. The van der Waals surface area contributed by atoms with Crippen molar-refractivity contribution in [1.82, 2.24) is 9.78 Å². The van der Waals surface area contributed by atoms with E-state index in [1.54, 1.807) is 23.2 Å². The van der Waals surface area contributed by atoms with Crippen molar-refractivity contribution in [2.45, 2.75) is 20.4 Å². The molecule has 0 aliphatic carbocycles. The van der Waals surface area contributed by atoms with E-state index in [2.05, 4.69) is 5.10 Å². The minimum Gasteiger partial charge on any atom is -0.464 e. The van der Waals surface area contributed by atoms with E-state index in [1.165, 1.54) is 13.0 Å². The van der Waals surface area contributed by atoms with Gasteiger partial charge in [0.25, 0.3) is 0 Å². The molecule has 2 aromatic rings. The normalized spacial score (nSPS) is 10.8. The van der Waals surface area contributed by atoms with Gasteiger partial charge in [-0.1, -0.05) is 29.8 Å². The van der Waals surface area contributed by atoms with Crippen molar-refractivity contribution in [2.75, 3.05) is 6.61 Å². The number of nitrogens with zero attached hydrogens (tertiary/aromatic N) is 2. The highest BCUT2D eigenvalue weighted by atomic mass is 16.5. The summed E-state index contributed by atoms with van der Waals surface area (Å²) in [7, 11) is 0. The highest BCUT2D eigenvalue weighted by molar-refractivity contribution is 6.06. The standard InChI is InChI=1S/C17H18N2O3/c1-13-3-6-16(7-4-13)17(21)8-5-15-11-18-19(12-15)9-10-22-14(2)20/h3-8,11-12H,9-10H2,1-2H3/b8-5+. The van der Waals surface area contributed by atoms with E-state index in [0.717, 1.165) is 11.1 Å². The van der Waals surface area contributed by atoms with Crippen LogP contribution in [0, 0.1) is 6.92 Å². The molecule has 2 rings (SSSR count). The number of ketones is 1. The second-order valence-electron chi connectivity index (χ2n) is 4.94. The number of allylic oxidation sites excluding steroid dienone is 1. The number of hydrogen-bond donors (Lipinski definition) is 0. The Hall–Kier alpha value is -2.69. The summed E-state index contributed by atoms with van der Waals surface area (Å²) < 4.78 is 6.51. The van der Waals surface area contributed by atoms with E-state index >= 15 is 0 Å². The molecule has 0 saturated carbocycles. The maximum Gasteiger partial charge on any atom is 0.302 e. The lowest BCUT2D eigenvalue weighted by molar-refractivity contribution is -0.141. The van der Waals surface area contributed by atoms with Crippen LogP contribution in [0.4, 0.5) is 0 Å². The molecule has 0 amide bonds. The van der Waals surface area contributed by atoms with Crippen LogP contribution in [-0.2, 0) is 16.1 Å². The second-order valence-corrected chi connectivity index (χ2v) is 4.94. The van der Waals surface area contributed by atoms with Crippen molar-refractivity contribution in [3.05, 3.63) is 59.4 Å². The molecule has 0 fully saturated rings. The molecular formula is C17H18N2O3. The van der Waals surface area contributed by atoms with Crippen molar-refractivity contribution in [1.29, 1.82) is 0 Å². The van der Waals surface area contributed by atoms with Crippen LogP contribution in [0.1, 0.15) is 28.4 Å². The summed E-state index contributed by atoms with van der Waals surface area (Å²) in [5.74, 6) is -0.358. The fourth-order valence-electron chi connectivity index (χ4n) is 1.86. The van der Waals surface area contributed by atoms with Crippen molar-refractivity contribution in [3.8, 4) is 0 Å². The third-order valence-electron chi connectivity index (χ3n) is 3.04. The highest BCUT2D eigenvalue weighted by Crippen LogP contribution is 2.07. The van der Waals surface area contributed by atoms with E-state index in [0.29, 0.717) is 12.1 Å². The molecule has 5 heteroatoms. The van der Waals surface area contributed by atoms with Crippen LogP contribution in [0.3, 0.4) is 0 Å². The van der Waals surface area contributed by atoms with Gasteiger partial charge in [-0.15, -0.1) is 0 Å². The Kier molecular flexibility index (Phi) is 5.25. The number of carbonyl (C=O) groups excluding carboxylic acids is 2. The third-order valence-corrected chi connectivity index (χ3v) is 3.04. The summed E-state index contributed by atoms with van der Waals surface area (Å²) in [6, 6.07) is 7.44. The zero-order chi connectivity index (χ0) is 15.9. The molecule has 0 atom stereocenters. The SMILES string of the molecule is CC(=O)OCCn1cc(/C=C/C(=O)c2ccc(C)cc2)cn1. The van der Waals surface area contributed by atoms with Gasteiger partial charge in [-0.25, -0.2) is 0 Å². The zero-order valence-electron chi connectivity index (χ0n) is 12.7. The molecular weight excluding hydrogens is 280 g/mol. The molecule has 0 unspecified atom stereocenters. The number of rotatable bonds is 6. The predicted molar refractivity (Wildman–Crippen MR) is 83.4 cm³/mol. The molecule has 1 heterocycles. The Morgan fingerprint density at radius 1 is 1.27 bits per heavy atom. The highest BCUT2D eigenvalue weighted by Gasteiger charge is 2.02. The third kappa shape index (κ3) is 4.70. The number of hydrogen-bond acceptors (Lipinski definition) is 4. The molecule has 0 aliphatic rings. The van der Waals surface area contributed by atoms with Gasteiger partial charge in [-0.3, -0.25) is 14.3 Å². The summed E-state index contributed by atoms with van der Waals surface area (Å²) in [4.78, 5) is 22.7. The minimum atomic E-state index is -0.309. The first-order chi connectivity index (χ1) is 10.5. The molecule has 0 saturated heterocycles. The van der Waals surface area contributed by atoms with Crippen LogP contribution in [0.15, 0.2) is 42.7 Å². The van der Waals surface area contributed by atoms with E-state index in [-0.39, 0.29) is 18.4 Å². The Morgan fingerprint density at radius 3 is 2.68 bits per heavy atom. The second kappa shape index (κ2) is 7.36. The molecule has 1 aromatic heterocycles. The molecule has 0 spiro atoms. The Balaban J connectivity index is 1.92. The lowest BCUT2D eigenvalue weighted by atomic mass is 10.1. The van der Waals surface area contributed by atoms with Gasteiger partial charge in [0.1, 0.15) is 6.61 Å². The van der Waals surface area contributed by atoms with Crippen LogP contribution >= 0.6 is 0 Å². The molecule has 0 aliphatic heterocycles. The first-order valence-corrected chi connectivity index (χ1v) is 6.99. The van der Waals surface area contributed by atoms with E-state index in [4.69, 9.17) is 4.74 Å². The minimum absolute atomic E-state index is 0.0485. The lowest BCUT2D eigenvalue weighted by Gasteiger charge is -2.01. The topological polar surface area (TPSA) is 61.2 Å². The van der Waals surface area contributed by atoms with Gasteiger partial charge in [0.05, 0.1) is 12.7 Å². The Labute approximate surface area is 129 Å². The van der Waals surface area contributed by atoms with Crippen molar-refractivity contribution >= 4 is 17.8 Å². The largest absolute Gasteiger partial charge is 0.464 e. The summed E-state index contributed by atoms with van der Waals surface area (Å²) in [5.41, 5.74) is 2.60. The first kappa shape index (κ1) is 15.7. The molecule has 5 nitrogen and oxygen atoms in total. The summed E-state index contributed by atoms with van der Waals surface area (Å²) in [5, 5.41) is 4.14. The molecule has 0 radical (unpaired) electrons. The van der Waals surface area contributed by atoms with Crippen LogP contribution in [0.2, 0.25) is 0 Å². The number of carbonyl (C=O) groups is 2. The van der Waals surface area contributed by atoms with Crippen LogP contribution in [0.5, 0.6) is 0 Å². The fourth-order valence-corrected chi connectivity index (χ4v) is 1.86. The van der Waals surface area contributed by atoms with E-state index < -0.39 is 0 Å². The number of esters is 1. The predicted octanol–water partition coefficient (Wildman–Crippen LogP) is 2.65. The van der Waals surface area contributed by atoms with Crippen molar-refractivity contribution in [2.24, 2.45) is 0 Å². The zero-order valence-corrected chi connectivity index (χ0v) is 12.7. The molecule has 0 bridgehead atoms. The molecule has 114 valence electrons. The molecule has 1 aromatic carbocycles. The Morgan fingerprint density at radius 2 is 2.00 bits per heavy atom. The maximum absolute atomic E-state index is 12.0. The van der Waals surface area contributed by atoms with Gasteiger partial charge in [-0.05, 0) is 19.1 Å². The van der Waals surface area contributed by atoms with Gasteiger partial charge < -0.3 is 4.74 Å². The van der Waals surface area contributed by atoms with Gasteiger partial charge in [-0.2, -0.15) is 5.10 Å². The number of aromatic nitrogens is 2. The van der Waals surface area contributed by atoms with Gasteiger partial charge >= 0.3 is 5.97 Å². The number of benzene rings is 1. The quantitative estimate of drug-likeness (QED) is 0.467. The fraction of sp³-hybridized carbons (Fsp3) is 0.235. The monoisotopic (exact) mass is 298 g/mol. The maximum atomic E-state index is 12.0. The summed E-state index contributed by atoms with van der Waals surface area (Å²) in [6.07, 6.45) is 6.70. The van der Waals surface area contributed by atoms with E-state index in [9.17, 15) is 9.59 Å². The van der Waals surface area contributed by atoms with Gasteiger partial charge in [0, 0.05) is 24.2 Å². The van der Waals surface area contributed by atoms with Crippen molar-refractivity contribution < 1.29 is 14.3 Å². The van der Waals surface area contributed by atoms with Crippen LogP contribution in [0.25, 0.3) is 6.08 Å². The van der Waals surface area contributed by atoms with Gasteiger partial charge in [0.15, 0.2) is 5.78 Å².